The zero-order valence-corrected chi connectivity index (χ0v) is 17.8. The van der Waals surface area contributed by atoms with Crippen LogP contribution in [0.5, 0.6) is 0 Å². The Kier molecular flexibility index (Phi) is 5.71. The summed E-state index contributed by atoms with van der Waals surface area (Å²) in [4.78, 5) is 24.4. The second-order valence-electron chi connectivity index (χ2n) is 7.35. The molecule has 1 N–H and O–H groups in total. The van der Waals surface area contributed by atoms with Crippen molar-refractivity contribution in [2.75, 3.05) is 18.4 Å². The molecule has 8 nitrogen and oxygen atoms in total. The first-order valence-electron chi connectivity index (χ1n) is 9.91. The van der Waals surface area contributed by atoms with Crippen LogP contribution in [-0.4, -0.2) is 41.5 Å². The van der Waals surface area contributed by atoms with E-state index in [1.807, 2.05) is 6.07 Å². The molecule has 1 aromatic heterocycles. The Morgan fingerprint density at radius 1 is 1.00 bits per heavy atom. The van der Waals surface area contributed by atoms with Gasteiger partial charge in [-0.2, -0.15) is 9.40 Å². The van der Waals surface area contributed by atoms with Crippen LogP contribution < -0.4 is 10.9 Å². The first-order valence-corrected chi connectivity index (χ1v) is 11.3. The van der Waals surface area contributed by atoms with Crippen LogP contribution in [0, 0.1) is 0 Å². The zero-order valence-electron chi connectivity index (χ0n) is 17.0. The summed E-state index contributed by atoms with van der Waals surface area (Å²) in [6, 6.07) is 16.1. The number of rotatable bonds is 5. The molecular weight excluding hydrogens is 416 g/mol. The Morgan fingerprint density at radius 3 is 2.39 bits per heavy atom. The van der Waals surface area contributed by atoms with Crippen molar-refractivity contribution in [3.63, 3.8) is 0 Å². The van der Waals surface area contributed by atoms with Gasteiger partial charge in [-0.05, 0) is 55.3 Å². The third-order valence-corrected chi connectivity index (χ3v) is 7.11. The number of hydrogen-bond acceptors (Lipinski definition) is 5. The normalized spacial score (nSPS) is 14.5. The molecule has 0 atom stereocenters. The molecule has 2 aromatic carbocycles. The molecule has 0 spiro atoms. The highest BCUT2D eigenvalue weighted by atomic mass is 32.2. The number of sulfonamides is 1. The SMILES string of the molecule is Cn1nc(-c2cccc(NC(=O)c3ccc(S(=O)(=O)N4CCCC4)cc3)c2)ccc1=O. The second-order valence-corrected chi connectivity index (χ2v) is 9.29. The van der Waals surface area contributed by atoms with Crippen molar-refractivity contribution in [1.29, 1.82) is 0 Å². The molecule has 1 amide bonds. The zero-order chi connectivity index (χ0) is 22.0. The number of nitrogens with zero attached hydrogens (tertiary/aromatic N) is 3. The van der Waals surface area contributed by atoms with Crippen molar-refractivity contribution in [2.45, 2.75) is 17.7 Å². The minimum Gasteiger partial charge on any atom is -0.322 e. The minimum absolute atomic E-state index is 0.189. The lowest BCUT2D eigenvalue weighted by Gasteiger charge is -2.15. The largest absolute Gasteiger partial charge is 0.322 e. The van der Waals surface area contributed by atoms with E-state index in [9.17, 15) is 18.0 Å². The molecular formula is C22H22N4O4S. The van der Waals surface area contributed by atoms with Gasteiger partial charge in [0.15, 0.2) is 0 Å². The van der Waals surface area contributed by atoms with Gasteiger partial charge in [-0.25, -0.2) is 13.1 Å². The van der Waals surface area contributed by atoms with E-state index < -0.39 is 10.0 Å². The van der Waals surface area contributed by atoms with Gasteiger partial charge in [0.2, 0.25) is 10.0 Å². The number of benzene rings is 2. The van der Waals surface area contributed by atoms with Gasteiger partial charge in [-0.3, -0.25) is 9.59 Å². The molecule has 3 aromatic rings. The molecule has 31 heavy (non-hydrogen) atoms. The molecule has 4 rings (SSSR count). The lowest BCUT2D eigenvalue weighted by molar-refractivity contribution is 0.102. The maximum Gasteiger partial charge on any atom is 0.266 e. The predicted molar refractivity (Wildman–Crippen MR) is 117 cm³/mol. The molecule has 0 unspecified atom stereocenters. The Balaban J connectivity index is 1.51. The van der Waals surface area contributed by atoms with Gasteiger partial charge in [-0.15, -0.1) is 0 Å². The Hall–Kier alpha value is -3.30. The quantitative estimate of drug-likeness (QED) is 0.660. The molecule has 9 heteroatoms. The van der Waals surface area contributed by atoms with Crippen LogP contribution in [0.15, 0.2) is 70.4 Å². The van der Waals surface area contributed by atoms with E-state index in [2.05, 4.69) is 10.4 Å². The fraction of sp³-hybridized carbons (Fsp3) is 0.227. The number of aryl methyl sites for hydroxylation is 1. The Morgan fingerprint density at radius 2 is 1.71 bits per heavy atom. The summed E-state index contributed by atoms with van der Waals surface area (Å²) in [5.74, 6) is -0.351. The smallest absolute Gasteiger partial charge is 0.266 e. The van der Waals surface area contributed by atoms with Crippen LogP contribution >= 0.6 is 0 Å². The Labute approximate surface area is 180 Å². The van der Waals surface area contributed by atoms with E-state index in [1.54, 1.807) is 31.3 Å². The average Bonchev–Trinajstić information content (AvgIpc) is 3.32. The van der Waals surface area contributed by atoms with Crippen molar-refractivity contribution in [1.82, 2.24) is 14.1 Å². The van der Waals surface area contributed by atoms with Crippen LogP contribution in [0.4, 0.5) is 5.69 Å². The predicted octanol–water partition coefficient (Wildman–Crippen LogP) is 2.48. The average molecular weight is 439 g/mol. The van der Waals surface area contributed by atoms with Crippen LogP contribution in [0.2, 0.25) is 0 Å². The summed E-state index contributed by atoms with van der Waals surface area (Å²) in [6.07, 6.45) is 1.74. The van der Waals surface area contributed by atoms with Crippen LogP contribution in [0.1, 0.15) is 23.2 Å². The van der Waals surface area contributed by atoms with Gasteiger partial charge >= 0.3 is 0 Å². The number of nitrogens with one attached hydrogen (secondary N) is 1. The van der Waals surface area contributed by atoms with E-state index in [0.29, 0.717) is 30.0 Å². The first-order chi connectivity index (χ1) is 14.8. The first kappa shape index (κ1) is 21.0. The number of amides is 1. The number of aromatic nitrogens is 2. The molecule has 1 fully saturated rings. The third-order valence-electron chi connectivity index (χ3n) is 5.20. The Bertz CT molecular complexity index is 1280. The van der Waals surface area contributed by atoms with Crippen molar-refractivity contribution in [3.05, 3.63) is 76.6 Å². The number of carbonyl (C=O) groups excluding carboxylic acids is 1. The molecule has 160 valence electrons. The van der Waals surface area contributed by atoms with Crippen molar-refractivity contribution < 1.29 is 13.2 Å². The standard InChI is InChI=1S/C22H22N4O4S/c1-25-21(27)12-11-20(24-25)17-5-4-6-18(15-17)23-22(28)16-7-9-19(10-8-16)31(29,30)26-13-2-3-14-26/h4-12,15H,2-3,13-14H2,1H3,(H,23,28). The summed E-state index contributed by atoms with van der Waals surface area (Å²) in [5.41, 5.74) is 2.07. The molecule has 0 bridgehead atoms. The molecule has 1 saturated heterocycles. The van der Waals surface area contributed by atoms with Crippen LogP contribution in [0.3, 0.4) is 0 Å². The molecule has 1 aliphatic heterocycles. The van der Waals surface area contributed by atoms with Crippen LogP contribution in [-0.2, 0) is 17.1 Å². The summed E-state index contributed by atoms with van der Waals surface area (Å²) >= 11 is 0. The van der Waals surface area contributed by atoms with Crippen molar-refractivity contribution >= 4 is 21.6 Å². The van der Waals surface area contributed by atoms with Gasteiger partial charge in [0.1, 0.15) is 0 Å². The molecule has 2 heterocycles. The van der Waals surface area contributed by atoms with E-state index >= 15 is 0 Å². The van der Waals surface area contributed by atoms with Gasteiger partial charge in [-0.1, -0.05) is 12.1 Å². The molecule has 1 aliphatic rings. The summed E-state index contributed by atoms with van der Waals surface area (Å²) in [5, 5.41) is 7.03. The second kappa shape index (κ2) is 8.44. The van der Waals surface area contributed by atoms with Gasteiger partial charge in [0.25, 0.3) is 11.5 Å². The van der Waals surface area contributed by atoms with Gasteiger partial charge in [0.05, 0.1) is 10.6 Å². The number of hydrogen-bond donors (Lipinski definition) is 1. The lowest BCUT2D eigenvalue weighted by Crippen LogP contribution is -2.27. The number of anilines is 1. The number of carbonyl (C=O) groups is 1. The lowest BCUT2D eigenvalue weighted by atomic mass is 10.1. The summed E-state index contributed by atoms with van der Waals surface area (Å²) < 4.78 is 28.0. The maximum atomic E-state index is 12.6. The van der Waals surface area contributed by atoms with Crippen molar-refractivity contribution in [2.24, 2.45) is 7.05 Å². The highest BCUT2D eigenvalue weighted by Crippen LogP contribution is 2.23. The van der Waals surface area contributed by atoms with Gasteiger partial charge < -0.3 is 5.32 Å². The third kappa shape index (κ3) is 4.42. The van der Waals surface area contributed by atoms with E-state index in [4.69, 9.17) is 0 Å². The fourth-order valence-electron chi connectivity index (χ4n) is 3.47. The summed E-state index contributed by atoms with van der Waals surface area (Å²) in [7, 11) is -1.94. The van der Waals surface area contributed by atoms with Gasteiger partial charge in [0, 0.05) is 43.0 Å². The van der Waals surface area contributed by atoms with E-state index in [0.717, 1.165) is 18.4 Å². The minimum atomic E-state index is -3.51. The molecule has 0 radical (unpaired) electrons. The van der Waals surface area contributed by atoms with E-state index in [-0.39, 0.29) is 16.4 Å². The van der Waals surface area contributed by atoms with Crippen molar-refractivity contribution in [3.8, 4) is 11.3 Å². The molecule has 0 aliphatic carbocycles. The highest BCUT2D eigenvalue weighted by Gasteiger charge is 2.27. The van der Waals surface area contributed by atoms with E-state index in [1.165, 1.54) is 39.3 Å². The fourth-order valence-corrected chi connectivity index (χ4v) is 4.99. The maximum absolute atomic E-state index is 12.6. The van der Waals surface area contributed by atoms with Crippen LogP contribution in [0.25, 0.3) is 11.3 Å². The summed E-state index contributed by atoms with van der Waals surface area (Å²) in [6.45, 7) is 1.07. The topological polar surface area (TPSA) is 101 Å². The highest BCUT2D eigenvalue weighted by molar-refractivity contribution is 7.89. The molecule has 0 saturated carbocycles. The monoisotopic (exact) mass is 438 g/mol.